The molecule has 4 aromatic carbocycles. The number of fused-ring (bicyclic) bond motifs is 4. The van der Waals surface area contributed by atoms with Gasteiger partial charge in [0.2, 0.25) is 0 Å². The quantitative estimate of drug-likeness (QED) is 0.282. The molecular weight excluding hydrogens is 346 g/mol. The minimum absolute atomic E-state index is 1.07. The summed E-state index contributed by atoms with van der Waals surface area (Å²) in [6, 6.07) is 26.4. The predicted octanol–water partition coefficient (Wildman–Crippen LogP) is 7.91. The van der Waals surface area contributed by atoms with Gasteiger partial charge in [-0.3, -0.25) is 4.99 Å². The van der Waals surface area contributed by atoms with Crippen LogP contribution < -0.4 is 0 Å². The second kappa shape index (κ2) is 6.33. The molecule has 0 saturated carbocycles. The summed E-state index contributed by atoms with van der Waals surface area (Å²) >= 11 is 1.86. The van der Waals surface area contributed by atoms with Gasteiger partial charge < -0.3 is 0 Å². The number of aliphatic imine (C=N–C) groups is 1. The first kappa shape index (κ1) is 16.2. The molecule has 0 bridgehead atoms. The number of thiophene rings is 1. The Balaban J connectivity index is 1.85. The molecule has 0 atom stereocenters. The fourth-order valence-corrected chi connectivity index (χ4v) is 5.03. The molecule has 0 unspecified atom stereocenters. The Bertz CT molecular complexity index is 1340. The molecule has 5 rings (SSSR count). The molecule has 1 aromatic heterocycles. The van der Waals surface area contributed by atoms with Crippen molar-refractivity contribution in [3.8, 4) is 11.1 Å². The van der Waals surface area contributed by atoms with Gasteiger partial charge in [0.15, 0.2) is 0 Å². The number of hydrogen-bond acceptors (Lipinski definition) is 2. The zero-order valence-corrected chi connectivity index (χ0v) is 16.2. The van der Waals surface area contributed by atoms with Crippen molar-refractivity contribution >= 4 is 54.2 Å². The largest absolute Gasteiger partial charge is 0.261 e. The fourth-order valence-electron chi connectivity index (χ4n) is 3.90. The van der Waals surface area contributed by atoms with Crippen LogP contribution in [0.3, 0.4) is 0 Å². The minimum atomic E-state index is 1.07. The van der Waals surface area contributed by atoms with Crippen LogP contribution in [0.15, 0.2) is 77.8 Å². The molecule has 0 saturated heterocycles. The molecule has 0 radical (unpaired) electrons. The highest BCUT2D eigenvalue weighted by molar-refractivity contribution is 7.25. The van der Waals surface area contributed by atoms with Gasteiger partial charge in [-0.2, -0.15) is 0 Å². The normalized spacial score (nSPS) is 11.9. The van der Waals surface area contributed by atoms with Crippen LogP contribution in [0.25, 0.3) is 42.1 Å². The van der Waals surface area contributed by atoms with E-state index in [1.54, 1.807) is 0 Å². The zero-order valence-electron chi connectivity index (χ0n) is 15.4. The first-order valence-corrected chi connectivity index (χ1v) is 10.0. The summed E-state index contributed by atoms with van der Waals surface area (Å²) in [5.41, 5.74) is 4.81. The Hall–Kier alpha value is -2.97. The van der Waals surface area contributed by atoms with Crippen LogP contribution in [0.5, 0.6) is 0 Å². The molecule has 0 aliphatic rings. The van der Waals surface area contributed by atoms with Crippen LogP contribution >= 0.6 is 11.3 Å². The Kier molecular flexibility index (Phi) is 3.80. The molecular formula is C25H19NS. The van der Waals surface area contributed by atoms with E-state index in [0.29, 0.717) is 0 Å². The maximum Gasteiger partial charge on any atom is 0.0733 e. The monoisotopic (exact) mass is 365 g/mol. The highest BCUT2D eigenvalue weighted by Gasteiger charge is 2.12. The highest BCUT2D eigenvalue weighted by atomic mass is 32.1. The van der Waals surface area contributed by atoms with Gasteiger partial charge in [0.25, 0.3) is 0 Å². The van der Waals surface area contributed by atoms with E-state index in [1.165, 1.54) is 47.6 Å². The molecule has 1 heterocycles. The molecule has 130 valence electrons. The molecule has 1 nitrogen and oxygen atoms in total. The lowest BCUT2D eigenvalue weighted by atomic mass is 9.95. The average molecular weight is 366 g/mol. The summed E-state index contributed by atoms with van der Waals surface area (Å²) in [7, 11) is 0. The second-order valence-electron chi connectivity index (χ2n) is 6.83. The predicted molar refractivity (Wildman–Crippen MR) is 121 cm³/mol. The smallest absolute Gasteiger partial charge is 0.0733 e. The van der Waals surface area contributed by atoms with E-state index in [1.807, 2.05) is 24.5 Å². The molecule has 0 amide bonds. The van der Waals surface area contributed by atoms with Crippen molar-refractivity contribution < 1.29 is 0 Å². The van der Waals surface area contributed by atoms with Crippen LogP contribution in [-0.2, 0) is 0 Å². The van der Waals surface area contributed by atoms with E-state index >= 15 is 0 Å². The standard InChI is InChI=1S/C25H19NS/c1-3-26-25-16(2)11-12-17-13-14-18(15-21(17)25)19-8-6-10-23-24(19)20-7-4-5-9-22(20)27-23/h3-15H,1-2H3. The number of rotatable bonds is 2. The van der Waals surface area contributed by atoms with Gasteiger partial charge in [-0.25, -0.2) is 0 Å². The van der Waals surface area contributed by atoms with Crippen molar-refractivity contribution in [2.24, 2.45) is 4.99 Å². The fraction of sp³-hybridized carbons (Fsp3) is 0.0800. The summed E-state index contributed by atoms with van der Waals surface area (Å²) in [6.45, 7) is 4.10. The van der Waals surface area contributed by atoms with E-state index in [2.05, 4.69) is 84.7 Å². The first-order valence-electron chi connectivity index (χ1n) is 9.19. The van der Waals surface area contributed by atoms with E-state index in [-0.39, 0.29) is 0 Å². The number of benzene rings is 4. The number of hydrogen-bond donors (Lipinski definition) is 0. The third-order valence-corrected chi connectivity index (χ3v) is 6.30. The lowest BCUT2D eigenvalue weighted by Crippen LogP contribution is -1.84. The number of nitrogens with zero attached hydrogens (tertiary/aromatic N) is 1. The van der Waals surface area contributed by atoms with Crippen molar-refractivity contribution in [3.63, 3.8) is 0 Å². The molecule has 2 heteroatoms. The number of aryl methyl sites for hydroxylation is 1. The minimum Gasteiger partial charge on any atom is -0.261 e. The summed E-state index contributed by atoms with van der Waals surface area (Å²) in [6.07, 6.45) is 1.88. The van der Waals surface area contributed by atoms with Crippen molar-refractivity contribution in [1.29, 1.82) is 0 Å². The van der Waals surface area contributed by atoms with E-state index in [0.717, 1.165) is 5.69 Å². The Labute approximate surface area is 162 Å². The molecule has 27 heavy (non-hydrogen) atoms. The van der Waals surface area contributed by atoms with E-state index in [9.17, 15) is 0 Å². The van der Waals surface area contributed by atoms with Gasteiger partial charge in [-0.1, -0.05) is 54.6 Å². The lowest BCUT2D eigenvalue weighted by molar-refractivity contribution is 1.43. The Morgan fingerprint density at radius 2 is 1.63 bits per heavy atom. The Morgan fingerprint density at radius 1 is 0.815 bits per heavy atom. The molecule has 5 aromatic rings. The van der Waals surface area contributed by atoms with Crippen LogP contribution in [0.1, 0.15) is 12.5 Å². The zero-order chi connectivity index (χ0) is 18.4. The van der Waals surface area contributed by atoms with E-state index in [4.69, 9.17) is 0 Å². The van der Waals surface area contributed by atoms with Crippen LogP contribution in [-0.4, -0.2) is 6.21 Å². The van der Waals surface area contributed by atoms with Gasteiger partial charge in [0, 0.05) is 31.8 Å². The van der Waals surface area contributed by atoms with Crippen molar-refractivity contribution in [2.45, 2.75) is 13.8 Å². The maximum absolute atomic E-state index is 4.65. The summed E-state index contributed by atoms with van der Waals surface area (Å²) < 4.78 is 2.68. The molecule has 0 N–H and O–H groups in total. The summed E-state index contributed by atoms with van der Waals surface area (Å²) in [4.78, 5) is 4.65. The second-order valence-corrected chi connectivity index (χ2v) is 7.91. The highest BCUT2D eigenvalue weighted by Crippen LogP contribution is 2.41. The Morgan fingerprint density at radius 3 is 2.52 bits per heavy atom. The lowest BCUT2D eigenvalue weighted by Gasteiger charge is -2.10. The topological polar surface area (TPSA) is 12.4 Å². The van der Waals surface area contributed by atoms with Gasteiger partial charge in [0.1, 0.15) is 0 Å². The van der Waals surface area contributed by atoms with Crippen LogP contribution in [0, 0.1) is 6.92 Å². The van der Waals surface area contributed by atoms with Gasteiger partial charge in [-0.05, 0) is 54.1 Å². The van der Waals surface area contributed by atoms with Crippen molar-refractivity contribution in [3.05, 3.63) is 78.4 Å². The van der Waals surface area contributed by atoms with Crippen LogP contribution in [0.4, 0.5) is 5.69 Å². The van der Waals surface area contributed by atoms with Gasteiger partial charge in [0.05, 0.1) is 5.69 Å². The molecule has 0 spiro atoms. The van der Waals surface area contributed by atoms with Gasteiger partial charge >= 0.3 is 0 Å². The molecule has 0 aliphatic carbocycles. The third-order valence-electron chi connectivity index (χ3n) is 5.17. The first-order chi connectivity index (χ1) is 13.3. The SMILES string of the molecule is CC=Nc1c(C)ccc2ccc(-c3cccc4sc5ccccc5c34)cc12. The average Bonchev–Trinajstić information content (AvgIpc) is 3.08. The summed E-state index contributed by atoms with van der Waals surface area (Å²) in [5.74, 6) is 0. The van der Waals surface area contributed by atoms with Crippen molar-refractivity contribution in [1.82, 2.24) is 0 Å². The van der Waals surface area contributed by atoms with E-state index < -0.39 is 0 Å². The molecule has 0 fully saturated rings. The van der Waals surface area contributed by atoms with Gasteiger partial charge in [-0.15, -0.1) is 11.3 Å². The maximum atomic E-state index is 4.65. The van der Waals surface area contributed by atoms with Crippen LogP contribution in [0.2, 0.25) is 0 Å². The summed E-state index contributed by atoms with van der Waals surface area (Å²) in [5, 5.41) is 5.13. The molecule has 0 aliphatic heterocycles. The third kappa shape index (κ3) is 2.56. The van der Waals surface area contributed by atoms with Crippen molar-refractivity contribution in [2.75, 3.05) is 0 Å².